The molecule has 1 unspecified atom stereocenters. The van der Waals surface area contributed by atoms with Gasteiger partial charge in [-0.25, -0.2) is 14.4 Å². The highest BCUT2D eigenvalue weighted by atomic mass is 16.6. The van der Waals surface area contributed by atoms with Crippen molar-refractivity contribution in [3.8, 4) is 0 Å². The second-order valence-electron chi connectivity index (χ2n) is 13.8. The highest BCUT2D eigenvalue weighted by Crippen LogP contribution is 2.18. The van der Waals surface area contributed by atoms with Crippen LogP contribution in [0.15, 0.2) is 91.0 Å². The van der Waals surface area contributed by atoms with Crippen molar-refractivity contribution in [2.75, 3.05) is 20.2 Å². The number of amides is 2. The maximum absolute atomic E-state index is 13.7. The molecule has 11 heteroatoms. The van der Waals surface area contributed by atoms with Gasteiger partial charge in [0.2, 0.25) is 0 Å². The van der Waals surface area contributed by atoms with Gasteiger partial charge in [-0.3, -0.25) is 15.0 Å². The molecule has 51 heavy (non-hydrogen) atoms. The van der Waals surface area contributed by atoms with Crippen LogP contribution < -0.4 is 10.6 Å². The fourth-order valence-electron chi connectivity index (χ4n) is 5.34. The van der Waals surface area contributed by atoms with Crippen LogP contribution in [0.2, 0.25) is 0 Å². The molecule has 276 valence electrons. The zero-order valence-corrected chi connectivity index (χ0v) is 30.6. The molecule has 0 saturated heterocycles. The van der Waals surface area contributed by atoms with Crippen LogP contribution in [0.3, 0.4) is 0 Å². The standard InChI is InChI=1S/C40H53N3O8/c1-29(2)24-35(37(45)48-6)43(39(47)50-28-32-20-14-9-15-21-32)23-22-33(26-41-38(46)51-40(3,4)5)42-34(25-30-16-10-7-11-17-30)36(44)49-27-31-18-12-8-13-19-31/h7-21,29,33-35,42H,22-28H2,1-6H3,(H,41,46)/t33?,34-,35-/m0/s1. The van der Waals surface area contributed by atoms with Gasteiger partial charge in [0, 0.05) is 19.1 Å². The summed E-state index contributed by atoms with van der Waals surface area (Å²) in [5.74, 6) is -0.990. The molecule has 0 saturated carbocycles. The van der Waals surface area contributed by atoms with Crippen molar-refractivity contribution in [3.05, 3.63) is 108 Å². The van der Waals surface area contributed by atoms with E-state index in [1.807, 2.05) is 105 Å². The lowest BCUT2D eigenvalue weighted by atomic mass is 10.0. The lowest BCUT2D eigenvalue weighted by Crippen LogP contribution is -2.53. The molecule has 0 spiro atoms. The number of hydrogen-bond donors (Lipinski definition) is 2. The Kier molecular flexibility index (Phi) is 16.4. The van der Waals surface area contributed by atoms with Crippen LogP contribution in [-0.2, 0) is 48.2 Å². The molecule has 0 aliphatic rings. The summed E-state index contributed by atoms with van der Waals surface area (Å²) in [5.41, 5.74) is 1.81. The molecule has 0 fully saturated rings. The fourth-order valence-corrected chi connectivity index (χ4v) is 5.34. The van der Waals surface area contributed by atoms with Gasteiger partial charge < -0.3 is 24.3 Å². The van der Waals surface area contributed by atoms with Crippen molar-refractivity contribution in [1.29, 1.82) is 0 Å². The van der Waals surface area contributed by atoms with Crippen molar-refractivity contribution in [2.45, 2.75) is 90.8 Å². The maximum atomic E-state index is 13.7. The molecule has 0 bridgehead atoms. The minimum Gasteiger partial charge on any atom is -0.467 e. The van der Waals surface area contributed by atoms with Crippen LogP contribution in [0.25, 0.3) is 0 Å². The summed E-state index contributed by atoms with van der Waals surface area (Å²) in [6, 6.07) is 25.9. The van der Waals surface area contributed by atoms with E-state index in [1.165, 1.54) is 12.0 Å². The Labute approximate surface area is 302 Å². The number of benzene rings is 3. The van der Waals surface area contributed by atoms with Crippen LogP contribution in [0, 0.1) is 5.92 Å². The lowest BCUT2D eigenvalue weighted by molar-refractivity contribution is -0.148. The summed E-state index contributed by atoms with van der Waals surface area (Å²) in [5, 5.41) is 6.19. The van der Waals surface area contributed by atoms with E-state index in [0.717, 1.165) is 16.7 Å². The number of nitrogens with one attached hydrogen (secondary N) is 2. The normalized spacial score (nSPS) is 13.0. The fraction of sp³-hybridized carbons (Fsp3) is 0.450. The molecule has 0 heterocycles. The number of ether oxygens (including phenoxy) is 4. The third kappa shape index (κ3) is 15.3. The van der Waals surface area contributed by atoms with Gasteiger partial charge in [-0.05, 0) is 62.6 Å². The summed E-state index contributed by atoms with van der Waals surface area (Å²) < 4.78 is 22.1. The van der Waals surface area contributed by atoms with Crippen LogP contribution in [0.5, 0.6) is 0 Å². The van der Waals surface area contributed by atoms with E-state index in [1.54, 1.807) is 20.8 Å². The second-order valence-corrected chi connectivity index (χ2v) is 13.8. The molecule has 0 aliphatic carbocycles. The van der Waals surface area contributed by atoms with Gasteiger partial charge in [-0.2, -0.15) is 0 Å². The second kappa shape index (κ2) is 20.7. The van der Waals surface area contributed by atoms with Crippen molar-refractivity contribution in [2.24, 2.45) is 5.92 Å². The van der Waals surface area contributed by atoms with Crippen molar-refractivity contribution < 1.29 is 38.1 Å². The SMILES string of the molecule is COC(=O)[C@H](CC(C)C)N(CCC(CNC(=O)OC(C)(C)C)N[C@@H](Cc1ccccc1)C(=O)OCc1ccccc1)C(=O)OCc1ccccc1. The van der Waals surface area contributed by atoms with E-state index in [2.05, 4.69) is 10.6 Å². The first-order valence-electron chi connectivity index (χ1n) is 17.4. The number of hydrogen-bond acceptors (Lipinski definition) is 9. The molecule has 0 aromatic heterocycles. The molecule has 0 radical (unpaired) electrons. The summed E-state index contributed by atoms with van der Waals surface area (Å²) in [4.78, 5) is 54.6. The number of methoxy groups -OCH3 is 1. The van der Waals surface area contributed by atoms with Crippen LogP contribution in [-0.4, -0.2) is 73.0 Å². The van der Waals surface area contributed by atoms with Crippen molar-refractivity contribution in [1.82, 2.24) is 15.5 Å². The largest absolute Gasteiger partial charge is 0.467 e. The van der Waals surface area contributed by atoms with E-state index >= 15 is 0 Å². The number of carbonyl (C=O) groups excluding carboxylic acids is 4. The average Bonchev–Trinajstić information content (AvgIpc) is 3.11. The molecule has 3 aromatic carbocycles. The van der Waals surface area contributed by atoms with Crippen LogP contribution >= 0.6 is 0 Å². The molecular weight excluding hydrogens is 650 g/mol. The number of esters is 2. The minimum absolute atomic E-state index is 0.0139. The first-order valence-corrected chi connectivity index (χ1v) is 17.4. The molecule has 11 nitrogen and oxygen atoms in total. The Morgan fingerprint density at radius 2 is 1.27 bits per heavy atom. The van der Waals surface area contributed by atoms with Gasteiger partial charge in [0.15, 0.2) is 0 Å². The number of nitrogens with zero attached hydrogens (tertiary/aromatic N) is 1. The smallest absolute Gasteiger partial charge is 0.410 e. The summed E-state index contributed by atoms with van der Waals surface area (Å²) in [6.07, 6.45) is -0.454. The molecule has 2 N–H and O–H groups in total. The predicted octanol–water partition coefficient (Wildman–Crippen LogP) is 6.44. The first kappa shape index (κ1) is 40.5. The summed E-state index contributed by atoms with van der Waals surface area (Å²) in [7, 11) is 1.29. The first-order chi connectivity index (χ1) is 24.3. The highest BCUT2D eigenvalue weighted by Gasteiger charge is 2.34. The average molecular weight is 704 g/mol. The zero-order valence-electron chi connectivity index (χ0n) is 30.6. The zero-order chi connectivity index (χ0) is 37.2. The summed E-state index contributed by atoms with van der Waals surface area (Å²) >= 11 is 0. The number of alkyl carbamates (subject to hydrolysis) is 1. The Morgan fingerprint density at radius 3 is 1.78 bits per heavy atom. The Bertz CT molecular complexity index is 1500. The predicted molar refractivity (Wildman–Crippen MR) is 195 cm³/mol. The quantitative estimate of drug-likeness (QED) is 0.113. The Hall–Kier alpha value is -4.90. The molecule has 3 rings (SSSR count). The van der Waals surface area contributed by atoms with Gasteiger partial charge in [0.25, 0.3) is 0 Å². The van der Waals surface area contributed by atoms with E-state index in [-0.39, 0.29) is 38.6 Å². The topological polar surface area (TPSA) is 132 Å². The third-order valence-electron chi connectivity index (χ3n) is 7.82. The lowest BCUT2D eigenvalue weighted by Gasteiger charge is -2.32. The van der Waals surface area contributed by atoms with Crippen molar-refractivity contribution in [3.63, 3.8) is 0 Å². The van der Waals surface area contributed by atoms with E-state index in [4.69, 9.17) is 18.9 Å². The van der Waals surface area contributed by atoms with Gasteiger partial charge in [0.1, 0.15) is 30.9 Å². The third-order valence-corrected chi connectivity index (χ3v) is 7.82. The van der Waals surface area contributed by atoms with Gasteiger partial charge >= 0.3 is 24.1 Å². The van der Waals surface area contributed by atoms with E-state index in [9.17, 15) is 19.2 Å². The van der Waals surface area contributed by atoms with E-state index < -0.39 is 47.9 Å². The van der Waals surface area contributed by atoms with Gasteiger partial charge in [-0.15, -0.1) is 0 Å². The molecular formula is C40H53N3O8. The Morgan fingerprint density at radius 1 is 0.745 bits per heavy atom. The summed E-state index contributed by atoms with van der Waals surface area (Å²) in [6.45, 7) is 9.40. The molecule has 2 amide bonds. The molecule has 3 aromatic rings. The monoisotopic (exact) mass is 703 g/mol. The van der Waals surface area contributed by atoms with Crippen LogP contribution in [0.4, 0.5) is 9.59 Å². The molecule has 3 atom stereocenters. The van der Waals surface area contributed by atoms with Crippen LogP contribution in [0.1, 0.15) is 64.2 Å². The number of rotatable bonds is 18. The minimum atomic E-state index is -0.923. The highest BCUT2D eigenvalue weighted by molar-refractivity contribution is 5.81. The Balaban J connectivity index is 1.89. The van der Waals surface area contributed by atoms with E-state index in [0.29, 0.717) is 12.8 Å². The van der Waals surface area contributed by atoms with Gasteiger partial charge in [-0.1, -0.05) is 105 Å². The maximum Gasteiger partial charge on any atom is 0.410 e. The van der Waals surface area contributed by atoms with Crippen molar-refractivity contribution >= 4 is 24.1 Å². The molecule has 0 aliphatic heterocycles. The number of carbonyl (C=O) groups is 4. The van der Waals surface area contributed by atoms with Gasteiger partial charge in [0.05, 0.1) is 7.11 Å².